The van der Waals surface area contributed by atoms with Crippen molar-refractivity contribution in [3.8, 4) is 0 Å². The second-order valence-electron chi connectivity index (χ2n) is 5.61. The van der Waals surface area contributed by atoms with Crippen LogP contribution in [0.2, 0.25) is 0 Å². The number of rotatable bonds is 1. The maximum absolute atomic E-state index is 12.7. The number of aliphatic hydroxyl groups is 1. The highest BCUT2D eigenvalue weighted by Gasteiger charge is 2.55. The highest BCUT2D eigenvalue weighted by molar-refractivity contribution is 6.09. The predicted octanol–water partition coefficient (Wildman–Crippen LogP) is 2.14. The van der Waals surface area contributed by atoms with Gasteiger partial charge < -0.3 is 9.52 Å². The Bertz CT molecular complexity index is 595. The molecule has 1 fully saturated rings. The highest BCUT2D eigenvalue weighted by atomic mass is 16.3. The Balaban J connectivity index is 2.28. The Morgan fingerprint density at radius 1 is 1.47 bits per heavy atom. The Morgan fingerprint density at radius 2 is 2.21 bits per heavy atom. The van der Waals surface area contributed by atoms with Crippen LogP contribution in [-0.2, 0) is 4.79 Å². The first-order valence-corrected chi connectivity index (χ1v) is 6.52. The molecule has 0 aromatic carbocycles. The molecule has 0 bridgehead atoms. The number of fused-ring (bicyclic) bond motifs is 2. The zero-order valence-corrected chi connectivity index (χ0v) is 11.0. The molecule has 19 heavy (non-hydrogen) atoms. The third-order valence-corrected chi connectivity index (χ3v) is 4.60. The maximum atomic E-state index is 12.7. The fourth-order valence-corrected chi connectivity index (χ4v) is 3.43. The van der Waals surface area contributed by atoms with Crippen LogP contribution in [0.1, 0.15) is 41.4 Å². The van der Waals surface area contributed by atoms with E-state index in [4.69, 9.17) is 4.42 Å². The quantitative estimate of drug-likeness (QED) is 0.785. The van der Waals surface area contributed by atoms with Gasteiger partial charge in [-0.15, -0.1) is 0 Å². The van der Waals surface area contributed by atoms with E-state index in [1.165, 1.54) is 6.26 Å². The summed E-state index contributed by atoms with van der Waals surface area (Å²) in [7, 11) is 0. The molecular formula is C15H16O4. The molecule has 0 saturated heterocycles. The van der Waals surface area contributed by atoms with Gasteiger partial charge in [0.25, 0.3) is 0 Å². The van der Waals surface area contributed by atoms with Gasteiger partial charge in [0.1, 0.15) is 17.6 Å². The van der Waals surface area contributed by atoms with Gasteiger partial charge in [-0.3, -0.25) is 9.59 Å². The van der Waals surface area contributed by atoms with E-state index >= 15 is 0 Å². The number of hydrogen-bond acceptors (Lipinski definition) is 4. The number of carbonyl (C=O) groups is 2. The molecule has 2 aliphatic rings. The number of hydrogen-bond donors (Lipinski definition) is 1. The summed E-state index contributed by atoms with van der Waals surface area (Å²) in [5.41, 5.74) is 0.0909. The van der Waals surface area contributed by atoms with E-state index in [0.29, 0.717) is 28.9 Å². The zero-order chi connectivity index (χ0) is 13.8. The van der Waals surface area contributed by atoms with Crippen LogP contribution >= 0.6 is 0 Å². The van der Waals surface area contributed by atoms with Crippen molar-refractivity contribution in [3.63, 3.8) is 0 Å². The first kappa shape index (κ1) is 12.4. The van der Waals surface area contributed by atoms with Gasteiger partial charge in [0.05, 0.1) is 11.8 Å². The van der Waals surface area contributed by atoms with Gasteiger partial charge in [0.2, 0.25) is 0 Å². The number of Topliss-reactive ketones (excluding diaryl/α,β-unsaturated/α-hetero) is 1. The van der Waals surface area contributed by atoms with Gasteiger partial charge in [-0.2, -0.15) is 0 Å². The average Bonchev–Trinajstić information content (AvgIpc) is 2.86. The minimum Gasteiger partial charge on any atom is -0.464 e. The SMILES string of the molecule is Cc1coc2c1C(=O)[C@]1(O)[C@@H](C)CC[C@H]1C(C=O)=C2. The molecule has 0 radical (unpaired) electrons. The van der Waals surface area contributed by atoms with Gasteiger partial charge in [-0.25, -0.2) is 0 Å². The van der Waals surface area contributed by atoms with Gasteiger partial charge in [0.15, 0.2) is 5.78 Å². The second kappa shape index (κ2) is 3.90. The lowest BCUT2D eigenvalue weighted by Crippen LogP contribution is -2.47. The van der Waals surface area contributed by atoms with Crippen molar-refractivity contribution in [2.75, 3.05) is 0 Å². The summed E-state index contributed by atoms with van der Waals surface area (Å²) in [5, 5.41) is 10.9. The third-order valence-electron chi connectivity index (χ3n) is 4.60. The summed E-state index contributed by atoms with van der Waals surface area (Å²) in [6.45, 7) is 3.64. The fraction of sp³-hybridized carbons (Fsp3) is 0.467. The van der Waals surface area contributed by atoms with E-state index in [9.17, 15) is 14.7 Å². The topological polar surface area (TPSA) is 67.5 Å². The summed E-state index contributed by atoms with van der Waals surface area (Å²) in [6.07, 6.45) is 5.22. The van der Waals surface area contributed by atoms with Crippen molar-refractivity contribution >= 4 is 18.1 Å². The van der Waals surface area contributed by atoms with E-state index in [0.717, 1.165) is 12.7 Å². The first-order chi connectivity index (χ1) is 9.00. The minimum absolute atomic E-state index is 0.159. The summed E-state index contributed by atoms with van der Waals surface area (Å²) in [6, 6.07) is 0. The van der Waals surface area contributed by atoms with Crippen LogP contribution in [0.25, 0.3) is 6.08 Å². The highest BCUT2D eigenvalue weighted by Crippen LogP contribution is 2.48. The fourth-order valence-electron chi connectivity index (χ4n) is 3.43. The van der Waals surface area contributed by atoms with Gasteiger partial charge in [-0.1, -0.05) is 6.92 Å². The number of aldehydes is 1. The van der Waals surface area contributed by atoms with E-state index in [1.807, 2.05) is 6.92 Å². The van der Waals surface area contributed by atoms with Crippen LogP contribution in [-0.4, -0.2) is 22.8 Å². The molecule has 100 valence electrons. The van der Waals surface area contributed by atoms with Gasteiger partial charge in [0, 0.05) is 11.5 Å². The molecule has 0 amide bonds. The third kappa shape index (κ3) is 1.43. The average molecular weight is 260 g/mol. The molecular weight excluding hydrogens is 244 g/mol. The lowest BCUT2D eigenvalue weighted by atomic mass is 9.77. The molecule has 0 unspecified atom stereocenters. The standard InChI is InChI=1S/C15H16O4/c1-8-7-19-12-5-10(6-16)11-4-3-9(2)15(11,18)14(17)13(8)12/h5-7,9,11,18H,3-4H2,1-2H3/t9-,11-,15-/m0/s1. The number of ketones is 1. The zero-order valence-electron chi connectivity index (χ0n) is 11.0. The monoisotopic (exact) mass is 260 g/mol. The Hall–Kier alpha value is -1.68. The minimum atomic E-state index is -1.48. The Morgan fingerprint density at radius 3 is 2.89 bits per heavy atom. The first-order valence-electron chi connectivity index (χ1n) is 6.52. The lowest BCUT2D eigenvalue weighted by Gasteiger charge is -2.31. The molecule has 3 rings (SSSR count). The van der Waals surface area contributed by atoms with Crippen LogP contribution in [0.3, 0.4) is 0 Å². The molecule has 3 atom stereocenters. The van der Waals surface area contributed by atoms with Crippen molar-refractivity contribution < 1.29 is 19.1 Å². The van der Waals surface area contributed by atoms with Crippen LogP contribution in [0.4, 0.5) is 0 Å². The molecule has 1 aromatic rings. The van der Waals surface area contributed by atoms with Crippen LogP contribution < -0.4 is 0 Å². The van der Waals surface area contributed by atoms with E-state index in [-0.39, 0.29) is 11.7 Å². The Kier molecular flexibility index (Phi) is 2.54. The second-order valence-corrected chi connectivity index (χ2v) is 5.61. The molecule has 1 heterocycles. The molecule has 0 spiro atoms. The van der Waals surface area contributed by atoms with Crippen molar-refractivity contribution in [3.05, 3.63) is 28.7 Å². The predicted molar refractivity (Wildman–Crippen MR) is 68.7 cm³/mol. The summed E-state index contributed by atoms with van der Waals surface area (Å²) in [4.78, 5) is 24.0. The molecule has 1 saturated carbocycles. The van der Waals surface area contributed by atoms with Crippen LogP contribution in [0.15, 0.2) is 16.3 Å². The Labute approximate surface area is 111 Å². The van der Waals surface area contributed by atoms with Crippen molar-refractivity contribution in [2.24, 2.45) is 11.8 Å². The van der Waals surface area contributed by atoms with Gasteiger partial charge in [-0.05, 0) is 37.3 Å². The molecule has 4 heteroatoms. The van der Waals surface area contributed by atoms with Gasteiger partial charge >= 0.3 is 0 Å². The maximum Gasteiger partial charge on any atom is 0.199 e. The van der Waals surface area contributed by atoms with E-state index in [1.54, 1.807) is 13.0 Å². The van der Waals surface area contributed by atoms with Crippen molar-refractivity contribution in [2.45, 2.75) is 32.3 Å². The van der Waals surface area contributed by atoms with E-state index < -0.39 is 11.5 Å². The summed E-state index contributed by atoms with van der Waals surface area (Å²) < 4.78 is 5.35. The van der Waals surface area contributed by atoms with Crippen LogP contribution in [0.5, 0.6) is 0 Å². The molecule has 1 N–H and O–H groups in total. The molecule has 1 aromatic heterocycles. The van der Waals surface area contributed by atoms with Crippen LogP contribution in [0, 0.1) is 18.8 Å². The molecule has 4 nitrogen and oxygen atoms in total. The lowest BCUT2D eigenvalue weighted by molar-refractivity contribution is -0.106. The summed E-state index contributed by atoms with van der Waals surface area (Å²) in [5.74, 6) is -0.500. The largest absolute Gasteiger partial charge is 0.464 e. The normalized spacial score (nSPS) is 33.4. The smallest absolute Gasteiger partial charge is 0.199 e. The number of furan rings is 1. The molecule has 0 aliphatic heterocycles. The number of carbonyl (C=O) groups excluding carboxylic acids is 2. The summed E-state index contributed by atoms with van der Waals surface area (Å²) >= 11 is 0. The number of aryl methyl sites for hydroxylation is 1. The van der Waals surface area contributed by atoms with Crippen molar-refractivity contribution in [1.29, 1.82) is 0 Å². The van der Waals surface area contributed by atoms with E-state index in [2.05, 4.69) is 0 Å². The molecule has 2 aliphatic carbocycles. The van der Waals surface area contributed by atoms with Crippen molar-refractivity contribution in [1.82, 2.24) is 0 Å².